The molecule has 1 N–H and O–H groups in total. The molecule has 24 heavy (non-hydrogen) atoms. The number of furan rings is 1. The normalized spacial score (nSPS) is 11.5. The van der Waals surface area contributed by atoms with Crippen molar-refractivity contribution in [1.29, 1.82) is 0 Å². The van der Waals surface area contributed by atoms with Crippen LogP contribution in [0.5, 0.6) is 0 Å². The van der Waals surface area contributed by atoms with Crippen molar-refractivity contribution in [3.05, 3.63) is 83.2 Å². The lowest BCUT2D eigenvalue weighted by Crippen LogP contribution is -2.04. The number of hydrogen-bond acceptors (Lipinski definition) is 2. The Morgan fingerprint density at radius 2 is 1.54 bits per heavy atom. The Bertz CT molecular complexity index is 1260. The molecule has 5 aromatic rings. The van der Waals surface area contributed by atoms with Gasteiger partial charge in [0.25, 0.3) is 0 Å². The number of fused-ring (bicyclic) bond motifs is 4. The lowest BCUT2D eigenvalue weighted by molar-refractivity contribution is 0.617. The van der Waals surface area contributed by atoms with Crippen molar-refractivity contribution >= 4 is 32.8 Å². The Labute approximate surface area is 137 Å². The van der Waals surface area contributed by atoms with Gasteiger partial charge in [0, 0.05) is 21.9 Å². The molecule has 0 aliphatic carbocycles. The molecule has 0 fully saturated rings. The first-order chi connectivity index (χ1) is 11.8. The van der Waals surface area contributed by atoms with E-state index in [9.17, 15) is 4.79 Å². The van der Waals surface area contributed by atoms with Crippen molar-refractivity contribution in [1.82, 2.24) is 4.98 Å². The maximum absolute atomic E-state index is 13.1. The molecule has 5 rings (SSSR count). The molecule has 0 aliphatic heterocycles. The van der Waals surface area contributed by atoms with Gasteiger partial charge in [0.2, 0.25) is 0 Å². The third-order valence-electron chi connectivity index (χ3n) is 4.49. The summed E-state index contributed by atoms with van der Waals surface area (Å²) in [4.78, 5) is 16.5. The second-order valence-corrected chi connectivity index (χ2v) is 5.88. The summed E-state index contributed by atoms with van der Waals surface area (Å²) in [5.41, 5.74) is 4.41. The zero-order valence-electron chi connectivity index (χ0n) is 12.7. The highest BCUT2D eigenvalue weighted by atomic mass is 16.3. The summed E-state index contributed by atoms with van der Waals surface area (Å²) >= 11 is 0. The Morgan fingerprint density at radius 1 is 0.750 bits per heavy atom. The molecule has 0 aliphatic rings. The van der Waals surface area contributed by atoms with Gasteiger partial charge in [-0.25, -0.2) is 0 Å². The number of hydrogen-bond donors (Lipinski definition) is 1. The van der Waals surface area contributed by atoms with Gasteiger partial charge < -0.3 is 9.40 Å². The molecule has 0 saturated heterocycles. The van der Waals surface area contributed by atoms with Crippen LogP contribution in [0.15, 0.2) is 82.2 Å². The lowest BCUT2D eigenvalue weighted by Gasteiger charge is -2.05. The van der Waals surface area contributed by atoms with Gasteiger partial charge in [-0.1, -0.05) is 42.5 Å². The molecule has 0 radical (unpaired) electrons. The average molecular weight is 311 g/mol. The standard InChI is InChI=1S/C21H13NO2/c23-21-14-8-4-5-9-16(14)22-17-10-11-18-19(20(17)21)15(12-24-18)13-6-2-1-3-7-13/h1-12H,(H,22,23). The molecule has 0 saturated carbocycles. The summed E-state index contributed by atoms with van der Waals surface area (Å²) < 4.78 is 5.73. The second-order valence-electron chi connectivity index (χ2n) is 5.88. The van der Waals surface area contributed by atoms with Gasteiger partial charge in [-0.15, -0.1) is 0 Å². The quantitative estimate of drug-likeness (QED) is 0.438. The molecule has 2 aromatic heterocycles. The van der Waals surface area contributed by atoms with Crippen molar-refractivity contribution in [2.45, 2.75) is 0 Å². The van der Waals surface area contributed by atoms with Crippen molar-refractivity contribution in [3.63, 3.8) is 0 Å². The lowest BCUT2D eigenvalue weighted by atomic mass is 10.00. The number of benzene rings is 3. The van der Waals surface area contributed by atoms with Crippen LogP contribution in [0.2, 0.25) is 0 Å². The van der Waals surface area contributed by atoms with Gasteiger partial charge in [0.05, 0.1) is 17.2 Å². The van der Waals surface area contributed by atoms with E-state index in [4.69, 9.17) is 4.42 Å². The maximum Gasteiger partial charge on any atom is 0.197 e. The molecule has 0 atom stereocenters. The Kier molecular flexibility index (Phi) is 2.65. The summed E-state index contributed by atoms with van der Waals surface area (Å²) in [7, 11) is 0. The molecule has 0 spiro atoms. The van der Waals surface area contributed by atoms with E-state index in [2.05, 4.69) is 4.98 Å². The van der Waals surface area contributed by atoms with Crippen LogP contribution in [0.1, 0.15) is 0 Å². The first-order valence-electron chi connectivity index (χ1n) is 7.83. The van der Waals surface area contributed by atoms with Crippen LogP contribution in [0.4, 0.5) is 0 Å². The Morgan fingerprint density at radius 3 is 2.42 bits per heavy atom. The van der Waals surface area contributed by atoms with E-state index in [1.54, 1.807) is 6.26 Å². The van der Waals surface area contributed by atoms with Gasteiger partial charge in [0.15, 0.2) is 5.43 Å². The molecule has 3 aromatic carbocycles. The minimum Gasteiger partial charge on any atom is -0.464 e. The van der Waals surface area contributed by atoms with Crippen LogP contribution in [-0.4, -0.2) is 4.98 Å². The Hall–Kier alpha value is -3.33. The van der Waals surface area contributed by atoms with Crippen LogP contribution in [-0.2, 0) is 0 Å². The number of nitrogens with one attached hydrogen (secondary N) is 1. The third kappa shape index (κ3) is 1.75. The van der Waals surface area contributed by atoms with E-state index in [1.807, 2.05) is 66.7 Å². The highest BCUT2D eigenvalue weighted by molar-refractivity contribution is 6.14. The Balaban J connectivity index is 2.02. The van der Waals surface area contributed by atoms with Crippen molar-refractivity contribution in [2.24, 2.45) is 0 Å². The minimum atomic E-state index is 0.0310. The zero-order chi connectivity index (χ0) is 16.1. The summed E-state index contributed by atoms with van der Waals surface area (Å²) in [6.07, 6.45) is 1.73. The van der Waals surface area contributed by atoms with Gasteiger partial charge in [-0.2, -0.15) is 0 Å². The molecule has 114 valence electrons. The average Bonchev–Trinajstić information content (AvgIpc) is 3.06. The number of rotatable bonds is 1. The van der Waals surface area contributed by atoms with E-state index in [0.717, 1.165) is 33.1 Å². The van der Waals surface area contributed by atoms with Gasteiger partial charge in [-0.05, 0) is 29.8 Å². The van der Waals surface area contributed by atoms with Crippen molar-refractivity contribution in [3.8, 4) is 11.1 Å². The minimum absolute atomic E-state index is 0.0310. The maximum atomic E-state index is 13.1. The molecule has 0 bridgehead atoms. The molecular formula is C21H13NO2. The molecule has 0 amide bonds. The molecule has 0 unspecified atom stereocenters. The van der Waals surface area contributed by atoms with E-state index in [0.29, 0.717) is 10.8 Å². The van der Waals surface area contributed by atoms with Crippen LogP contribution in [0, 0.1) is 0 Å². The van der Waals surface area contributed by atoms with Crippen LogP contribution in [0.3, 0.4) is 0 Å². The predicted molar refractivity (Wildman–Crippen MR) is 97.3 cm³/mol. The van der Waals surface area contributed by atoms with E-state index < -0.39 is 0 Å². The van der Waals surface area contributed by atoms with Gasteiger partial charge in [0.1, 0.15) is 5.58 Å². The van der Waals surface area contributed by atoms with Crippen LogP contribution >= 0.6 is 0 Å². The zero-order valence-corrected chi connectivity index (χ0v) is 12.7. The number of aromatic amines is 1. The highest BCUT2D eigenvalue weighted by Crippen LogP contribution is 2.34. The summed E-state index contributed by atoms with van der Waals surface area (Å²) in [6.45, 7) is 0. The number of H-pyrrole nitrogens is 1. The fourth-order valence-corrected chi connectivity index (χ4v) is 3.37. The SMILES string of the molecule is O=c1c2ccccc2[nH]c2ccc3occ(-c4ccccc4)c3c12. The molecular weight excluding hydrogens is 298 g/mol. The first-order valence-corrected chi connectivity index (χ1v) is 7.83. The second kappa shape index (κ2) is 4.83. The number of aromatic nitrogens is 1. The van der Waals surface area contributed by atoms with E-state index >= 15 is 0 Å². The third-order valence-corrected chi connectivity index (χ3v) is 4.49. The number of pyridine rings is 1. The smallest absolute Gasteiger partial charge is 0.197 e. The molecule has 2 heterocycles. The van der Waals surface area contributed by atoms with Gasteiger partial charge >= 0.3 is 0 Å². The van der Waals surface area contributed by atoms with Gasteiger partial charge in [-0.3, -0.25) is 4.79 Å². The fourth-order valence-electron chi connectivity index (χ4n) is 3.37. The van der Waals surface area contributed by atoms with Crippen LogP contribution < -0.4 is 5.43 Å². The van der Waals surface area contributed by atoms with E-state index in [-0.39, 0.29) is 5.43 Å². The monoisotopic (exact) mass is 311 g/mol. The summed E-state index contributed by atoms with van der Waals surface area (Å²) in [5.74, 6) is 0. The van der Waals surface area contributed by atoms with Crippen molar-refractivity contribution in [2.75, 3.05) is 0 Å². The topological polar surface area (TPSA) is 46.0 Å². The molecule has 3 heteroatoms. The fraction of sp³-hybridized carbons (Fsp3) is 0. The largest absolute Gasteiger partial charge is 0.464 e. The number of para-hydroxylation sites is 1. The highest BCUT2D eigenvalue weighted by Gasteiger charge is 2.15. The predicted octanol–water partition coefficient (Wildman–Crippen LogP) is 5.09. The summed E-state index contributed by atoms with van der Waals surface area (Å²) in [5, 5.41) is 2.24. The summed E-state index contributed by atoms with van der Waals surface area (Å²) in [6, 6.07) is 21.4. The molecule has 3 nitrogen and oxygen atoms in total. The first kappa shape index (κ1) is 13.1. The van der Waals surface area contributed by atoms with Crippen LogP contribution in [0.25, 0.3) is 43.9 Å². The van der Waals surface area contributed by atoms with Crippen molar-refractivity contribution < 1.29 is 4.42 Å². The van der Waals surface area contributed by atoms with E-state index in [1.165, 1.54) is 0 Å².